The highest BCUT2D eigenvalue weighted by molar-refractivity contribution is 6.68. The van der Waals surface area contributed by atoms with E-state index in [0.717, 1.165) is 16.7 Å². The van der Waals surface area contributed by atoms with Crippen LogP contribution in [0.25, 0.3) is 22.0 Å². The molecule has 1 saturated heterocycles. The molecule has 0 radical (unpaired) electrons. The van der Waals surface area contributed by atoms with Crippen molar-refractivity contribution in [2.24, 2.45) is 0 Å². The summed E-state index contributed by atoms with van der Waals surface area (Å²) in [6.45, 7) is 0.420. The van der Waals surface area contributed by atoms with Crippen molar-refractivity contribution in [3.8, 4) is 28.9 Å². The molecule has 6 aromatic rings. The Bertz CT molecular complexity index is 2090. The lowest BCUT2D eigenvalue weighted by Gasteiger charge is -2.39. The molecule has 7 rings (SSSR count). The molecule has 1 aliphatic heterocycles. The summed E-state index contributed by atoms with van der Waals surface area (Å²) in [7, 11) is 0. The lowest BCUT2D eigenvalue weighted by molar-refractivity contribution is 0.0127. The zero-order valence-corrected chi connectivity index (χ0v) is 27.0. The summed E-state index contributed by atoms with van der Waals surface area (Å²) in [6, 6.07) is 38.4. The minimum Gasteiger partial charge on any atom is -0.473 e. The number of hydrogen-bond donors (Lipinski definition) is 1. The van der Waals surface area contributed by atoms with Crippen molar-refractivity contribution in [1.82, 2.24) is 9.97 Å². The SMILES string of the molecule is N#CB1CCC(O)(c2ccc3ncc(-c4ccc(OCc5ccccc5)nc4OCc4ccccc4)cc3c2F)CC1Cc1ccccc1. The van der Waals surface area contributed by atoms with Crippen molar-refractivity contribution < 1.29 is 19.0 Å². The average molecular weight is 648 g/mol. The zero-order valence-electron chi connectivity index (χ0n) is 27.0. The number of nitriles is 1. The van der Waals surface area contributed by atoms with Gasteiger partial charge in [0.25, 0.3) is 6.71 Å². The van der Waals surface area contributed by atoms with Gasteiger partial charge < -0.3 is 14.6 Å². The van der Waals surface area contributed by atoms with Crippen molar-refractivity contribution in [1.29, 1.82) is 5.26 Å². The Morgan fingerprint density at radius 2 is 1.49 bits per heavy atom. The maximum absolute atomic E-state index is 16.6. The van der Waals surface area contributed by atoms with E-state index >= 15 is 4.39 Å². The van der Waals surface area contributed by atoms with Crippen LogP contribution in [0.3, 0.4) is 0 Å². The van der Waals surface area contributed by atoms with Gasteiger partial charge in [-0.25, -0.2) is 9.65 Å². The number of aromatic nitrogens is 2. The second kappa shape index (κ2) is 14.3. The van der Waals surface area contributed by atoms with Gasteiger partial charge in [-0.05, 0) is 60.0 Å². The number of nitrogens with zero attached hydrogens (tertiary/aromatic N) is 3. The molecule has 0 aliphatic carbocycles. The Balaban J connectivity index is 1.21. The van der Waals surface area contributed by atoms with Crippen molar-refractivity contribution in [3.05, 3.63) is 156 Å². The summed E-state index contributed by atoms with van der Waals surface area (Å²) >= 11 is 0. The van der Waals surface area contributed by atoms with Crippen molar-refractivity contribution in [2.75, 3.05) is 0 Å². The smallest absolute Gasteiger partial charge is 0.271 e. The molecule has 1 fully saturated rings. The quantitative estimate of drug-likeness (QED) is 0.150. The highest BCUT2D eigenvalue weighted by Crippen LogP contribution is 2.46. The van der Waals surface area contributed by atoms with E-state index in [2.05, 4.69) is 11.0 Å². The highest BCUT2D eigenvalue weighted by atomic mass is 19.1. The van der Waals surface area contributed by atoms with E-state index in [9.17, 15) is 10.4 Å². The van der Waals surface area contributed by atoms with Crippen LogP contribution in [0.15, 0.2) is 128 Å². The van der Waals surface area contributed by atoms with Crippen LogP contribution < -0.4 is 9.47 Å². The Morgan fingerprint density at radius 1 is 0.837 bits per heavy atom. The van der Waals surface area contributed by atoms with Crippen LogP contribution in [0.4, 0.5) is 4.39 Å². The normalized spacial score (nSPS) is 17.4. The molecule has 2 unspecified atom stereocenters. The third-order valence-electron chi connectivity index (χ3n) is 9.44. The molecule has 4 aromatic carbocycles. The Kier molecular flexibility index (Phi) is 9.36. The van der Waals surface area contributed by atoms with E-state index < -0.39 is 11.4 Å². The minimum atomic E-state index is -1.41. The Labute approximate surface area is 285 Å². The van der Waals surface area contributed by atoms with E-state index in [-0.39, 0.29) is 24.7 Å². The molecule has 0 bridgehead atoms. The second-order valence-corrected chi connectivity index (χ2v) is 12.7. The number of benzene rings is 4. The fourth-order valence-corrected chi connectivity index (χ4v) is 6.82. The van der Waals surface area contributed by atoms with E-state index in [1.54, 1.807) is 30.5 Å². The molecule has 242 valence electrons. The summed E-state index contributed by atoms with van der Waals surface area (Å²) < 4.78 is 28.8. The van der Waals surface area contributed by atoms with E-state index in [1.165, 1.54) is 0 Å². The number of pyridine rings is 2. The number of ether oxygens (including phenoxy) is 2. The molecule has 3 heterocycles. The first-order valence-electron chi connectivity index (χ1n) is 16.6. The van der Waals surface area contributed by atoms with E-state index in [0.29, 0.717) is 66.0 Å². The molecular weight excluding hydrogens is 612 g/mol. The lowest BCUT2D eigenvalue weighted by atomic mass is 9.34. The van der Waals surface area contributed by atoms with E-state index in [4.69, 9.17) is 14.5 Å². The third-order valence-corrected chi connectivity index (χ3v) is 9.44. The van der Waals surface area contributed by atoms with Crippen LogP contribution >= 0.6 is 0 Å². The van der Waals surface area contributed by atoms with Crippen molar-refractivity contribution in [2.45, 2.75) is 50.2 Å². The van der Waals surface area contributed by atoms with Crippen LogP contribution in [0.2, 0.25) is 12.1 Å². The molecule has 1 N–H and O–H groups in total. The number of halogens is 1. The maximum Gasteiger partial charge on any atom is 0.271 e. The summed E-state index contributed by atoms with van der Waals surface area (Å²) in [4.78, 5) is 9.31. The number of hydrogen-bond acceptors (Lipinski definition) is 6. The molecule has 0 spiro atoms. The first-order chi connectivity index (χ1) is 24.0. The molecular formula is C41H35BFN3O3. The summed E-state index contributed by atoms with van der Waals surface area (Å²) in [5.74, 6) is 2.56. The number of fused-ring (bicyclic) bond motifs is 1. The van der Waals surface area contributed by atoms with Gasteiger partial charge in [-0.1, -0.05) is 103 Å². The van der Waals surface area contributed by atoms with Gasteiger partial charge in [0.2, 0.25) is 11.8 Å². The standard InChI is InChI=1S/C41H35BFN3O3/c43-39-35-23-32(34-16-19-38(48-26-30-12-6-2-7-13-30)46-40(34)49-27-31-14-8-3-9-15-31)25-45-37(35)18-17-36(39)41(47)20-21-42(28-44)33(24-41)22-29-10-4-1-5-11-29/h1-19,23,25,33,47H,20-22,24,26-27H2. The predicted octanol–water partition coefficient (Wildman–Crippen LogP) is 8.75. The number of aliphatic hydroxyl groups is 1. The van der Waals surface area contributed by atoms with Gasteiger partial charge in [-0.2, -0.15) is 4.98 Å². The average Bonchev–Trinajstić information content (AvgIpc) is 3.14. The van der Waals surface area contributed by atoms with Crippen LogP contribution in [0.1, 0.15) is 35.1 Å². The molecule has 6 nitrogen and oxygen atoms in total. The van der Waals surface area contributed by atoms with Crippen molar-refractivity contribution in [3.63, 3.8) is 0 Å². The third kappa shape index (κ3) is 7.18. The Hall–Kier alpha value is -5.52. The van der Waals surface area contributed by atoms with Gasteiger partial charge in [-0.15, -0.1) is 0 Å². The summed E-state index contributed by atoms with van der Waals surface area (Å²) in [6.07, 6.45) is 3.42. The van der Waals surface area contributed by atoms with Gasteiger partial charge >= 0.3 is 0 Å². The second-order valence-electron chi connectivity index (χ2n) is 12.7. The molecule has 0 saturated carbocycles. The minimum absolute atomic E-state index is 0.108. The zero-order chi connectivity index (χ0) is 33.6. The van der Waals surface area contributed by atoms with E-state index in [1.807, 2.05) is 97.1 Å². The van der Waals surface area contributed by atoms with Gasteiger partial charge in [-0.3, -0.25) is 4.98 Å². The van der Waals surface area contributed by atoms with Crippen LogP contribution in [-0.2, 0) is 25.2 Å². The Morgan fingerprint density at radius 3 is 2.16 bits per heavy atom. The van der Waals surface area contributed by atoms with Crippen LogP contribution in [0, 0.1) is 17.0 Å². The fraction of sp³-hybridized carbons (Fsp3) is 0.195. The van der Waals surface area contributed by atoms with Crippen LogP contribution in [0.5, 0.6) is 11.8 Å². The highest BCUT2D eigenvalue weighted by Gasteiger charge is 2.44. The topological polar surface area (TPSA) is 88.3 Å². The van der Waals surface area contributed by atoms with Gasteiger partial charge in [0, 0.05) is 40.3 Å². The van der Waals surface area contributed by atoms with Crippen LogP contribution in [-0.4, -0.2) is 21.8 Å². The molecule has 49 heavy (non-hydrogen) atoms. The largest absolute Gasteiger partial charge is 0.473 e. The summed E-state index contributed by atoms with van der Waals surface area (Å²) in [5, 5.41) is 22.2. The molecule has 2 aromatic heterocycles. The molecule has 2 atom stereocenters. The molecule has 0 amide bonds. The predicted molar refractivity (Wildman–Crippen MR) is 190 cm³/mol. The van der Waals surface area contributed by atoms with Gasteiger partial charge in [0.15, 0.2) is 0 Å². The van der Waals surface area contributed by atoms with Gasteiger partial charge in [0.1, 0.15) is 19.0 Å². The lowest BCUT2D eigenvalue weighted by Crippen LogP contribution is -2.39. The first kappa shape index (κ1) is 32.1. The maximum atomic E-state index is 16.6. The fourth-order valence-electron chi connectivity index (χ4n) is 6.82. The monoisotopic (exact) mass is 647 g/mol. The first-order valence-corrected chi connectivity index (χ1v) is 16.6. The molecule has 1 aliphatic rings. The van der Waals surface area contributed by atoms with Gasteiger partial charge in [0.05, 0.1) is 11.1 Å². The summed E-state index contributed by atoms with van der Waals surface area (Å²) in [5.41, 5.74) is 3.64. The molecule has 8 heteroatoms. The van der Waals surface area contributed by atoms with Crippen molar-refractivity contribution >= 4 is 17.6 Å². The number of rotatable bonds is 10.